The second-order valence-electron chi connectivity index (χ2n) is 6.71. The normalized spacial score (nSPS) is 13.0. The molecule has 0 aliphatic heterocycles. The molecule has 0 bridgehead atoms. The number of halogens is 3. The molecule has 0 aliphatic carbocycles. The number of hydrogen-bond acceptors (Lipinski definition) is 7. The predicted molar refractivity (Wildman–Crippen MR) is 133 cm³/mol. The van der Waals surface area contributed by atoms with Crippen molar-refractivity contribution in [3.63, 3.8) is 0 Å². The minimum atomic E-state index is -1.67. The molecule has 4 N–H and O–H groups in total. The SMILES string of the molecule is COc1cc(OC)c(F)c(C(O)c2c[nH]c3ncc(/C(C=N)=C/NCCOPI)cc23)c1F. The van der Waals surface area contributed by atoms with E-state index in [4.69, 9.17) is 19.4 Å². The summed E-state index contributed by atoms with van der Waals surface area (Å²) in [6.45, 7) is 1.45. The molecule has 0 saturated heterocycles. The molecule has 8 nitrogen and oxygen atoms in total. The van der Waals surface area contributed by atoms with Gasteiger partial charge in [0.25, 0.3) is 0 Å². The summed E-state index contributed by atoms with van der Waals surface area (Å²) >= 11 is 2.13. The van der Waals surface area contributed by atoms with Crippen molar-refractivity contribution in [3.8, 4) is 11.5 Å². The first-order valence-electron chi connectivity index (χ1n) is 9.63. The molecule has 12 heteroatoms. The van der Waals surface area contributed by atoms with E-state index in [1.807, 2.05) is 0 Å². The van der Waals surface area contributed by atoms with Crippen molar-refractivity contribution < 1.29 is 27.9 Å². The highest BCUT2D eigenvalue weighted by Gasteiger charge is 2.28. The van der Waals surface area contributed by atoms with Gasteiger partial charge in [-0.2, -0.15) is 0 Å². The number of aromatic amines is 1. The van der Waals surface area contributed by atoms with E-state index in [1.165, 1.54) is 20.4 Å². The van der Waals surface area contributed by atoms with Crippen LogP contribution in [0.4, 0.5) is 8.78 Å². The van der Waals surface area contributed by atoms with E-state index in [1.54, 1.807) is 18.5 Å². The molecule has 0 spiro atoms. The molecular weight excluding hydrogens is 568 g/mol. The maximum atomic E-state index is 14.9. The summed E-state index contributed by atoms with van der Waals surface area (Å²) in [5.41, 5.74) is 1.14. The van der Waals surface area contributed by atoms with E-state index in [0.717, 1.165) is 12.3 Å². The van der Waals surface area contributed by atoms with Crippen LogP contribution in [0.5, 0.6) is 11.5 Å². The number of allylic oxidation sites excluding steroid dienone is 1. The molecule has 3 rings (SSSR count). The maximum absolute atomic E-state index is 14.9. The quantitative estimate of drug-likeness (QED) is 0.114. The molecule has 1 aromatic carbocycles. The first-order chi connectivity index (χ1) is 16.0. The van der Waals surface area contributed by atoms with E-state index in [2.05, 4.69) is 37.3 Å². The summed E-state index contributed by atoms with van der Waals surface area (Å²) in [5.74, 6) is -2.57. The number of H-pyrrole nitrogens is 1. The Hall–Kier alpha value is -2.34. The summed E-state index contributed by atoms with van der Waals surface area (Å²) in [4.78, 5) is 7.21. The smallest absolute Gasteiger partial charge is 0.174 e. The minimum Gasteiger partial charge on any atom is -0.494 e. The molecule has 3 aromatic rings. The number of aliphatic hydroxyl groups excluding tert-OH is 1. The maximum Gasteiger partial charge on any atom is 0.174 e. The van der Waals surface area contributed by atoms with Crippen molar-refractivity contribution in [2.75, 3.05) is 27.4 Å². The van der Waals surface area contributed by atoms with Crippen molar-refractivity contribution in [1.29, 1.82) is 5.41 Å². The lowest BCUT2D eigenvalue weighted by Crippen LogP contribution is -2.12. The first kappa shape index (κ1) is 25.3. The summed E-state index contributed by atoms with van der Waals surface area (Å²) in [6, 6.07) is 2.77. The summed E-state index contributed by atoms with van der Waals surface area (Å²) < 4.78 is 45.0. The number of aromatic nitrogens is 2. The van der Waals surface area contributed by atoms with Crippen LogP contribution in [0.25, 0.3) is 16.6 Å². The Kier molecular flexibility index (Phi) is 8.95. The van der Waals surface area contributed by atoms with Crippen LogP contribution in [-0.2, 0) is 4.52 Å². The molecule has 0 aliphatic rings. The number of aliphatic hydroxyl groups is 1. The molecule has 0 amide bonds. The standard InChI is InChI=1S/C21H22F2IN4O4P/c1-30-15-6-16(31-2)19(23)17(18(15)22)20(29)14-10-28-21-13(14)5-11(9-27-21)12(7-25)8-26-3-4-32-33-24/h5-10,20,25-26,29,33H,3-4H2,1-2H3,(H,27,28)/b12-8+,25-7?. The number of hydrogen-bond donors (Lipinski definition) is 4. The summed E-state index contributed by atoms with van der Waals surface area (Å²) in [7, 11) is 2.48. The van der Waals surface area contributed by atoms with E-state index in [0.29, 0.717) is 41.8 Å². The fourth-order valence-electron chi connectivity index (χ4n) is 3.25. The average molecular weight is 590 g/mol. The second-order valence-corrected chi connectivity index (χ2v) is 8.48. The van der Waals surface area contributed by atoms with Crippen LogP contribution in [0.15, 0.2) is 30.7 Å². The van der Waals surface area contributed by atoms with Crippen molar-refractivity contribution in [1.82, 2.24) is 15.3 Å². The fraction of sp³-hybridized carbons (Fsp3) is 0.238. The van der Waals surface area contributed by atoms with Gasteiger partial charge >= 0.3 is 0 Å². The Morgan fingerprint density at radius 2 is 2.00 bits per heavy atom. The van der Waals surface area contributed by atoms with Gasteiger partial charge in [-0.05, 0) is 28.1 Å². The van der Waals surface area contributed by atoms with E-state index < -0.39 is 23.3 Å². The van der Waals surface area contributed by atoms with Gasteiger partial charge in [0, 0.05) is 59.5 Å². The summed E-state index contributed by atoms with van der Waals surface area (Å²) in [6.07, 6.45) is 4.14. The predicted octanol–water partition coefficient (Wildman–Crippen LogP) is 4.48. The topological polar surface area (TPSA) is 112 Å². The van der Waals surface area contributed by atoms with Gasteiger partial charge in [0.1, 0.15) is 11.8 Å². The number of benzene rings is 1. The van der Waals surface area contributed by atoms with Crippen molar-refractivity contribution in [2.24, 2.45) is 0 Å². The van der Waals surface area contributed by atoms with Crippen LogP contribution in [-0.4, -0.2) is 48.7 Å². The van der Waals surface area contributed by atoms with Crippen LogP contribution in [0.2, 0.25) is 0 Å². The van der Waals surface area contributed by atoms with Crippen LogP contribution >= 0.6 is 28.5 Å². The molecule has 2 heterocycles. The Morgan fingerprint density at radius 1 is 1.30 bits per heavy atom. The Bertz CT molecular complexity index is 1150. The largest absolute Gasteiger partial charge is 0.494 e. The van der Waals surface area contributed by atoms with Gasteiger partial charge in [0.15, 0.2) is 23.1 Å². The number of methoxy groups -OCH3 is 2. The lowest BCUT2D eigenvalue weighted by atomic mass is 9.98. The zero-order valence-corrected chi connectivity index (χ0v) is 20.9. The Labute approximate surface area is 203 Å². The highest BCUT2D eigenvalue weighted by molar-refractivity contribution is 14.2. The van der Waals surface area contributed by atoms with Gasteiger partial charge in [0.05, 0.1) is 32.8 Å². The first-order valence-corrected chi connectivity index (χ1v) is 13.7. The number of fused-ring (bicyclic) bond motifs is 1. The Balaban J connectivity index is 2.02. The van der Waals surface area contributed by atoms with Gasteiger partial charge in [-0.3, -0.25) is 0 Å². The fourth-order valence-corrected chi connectivity index (χ4v) is 4.09. The molecule has 0 saturated carbocycles. The van der Waals surface area contributed by atoms with Crippen LogP contribution < -0.4 is 14.8 Å². The number of ether oxygens (including phenoxy) is 2. The van der Waals surface area contributed by atoms with Crippen molar-refractivity contribution >= 4 is 51.3 Å². The monoisotopic (exact) mass is 590 g/mol. The van der Waals surface area contributed by atoms with Crippen LogP contribution in [0.1, 0.15) is 22.8 Å². The number of rotatable bonds is 11. The van der Waals surface area contributed by atoms with E-state index in [9.17, 15) is 13.9 Å². The van der Waals surface area contributed by atoms with Gasteiger partial charge in [-0.15, -0.1) is 0 Å². The third kappa shape index (κ3) is 5.43. The van der Waals surface area contributed by atoms with Crippen LogP contribution in [0, 0.1) is 17.0 Å². The van der Waals surface area contributed by atoms with E-state index in [-0.39, 0.29) is 17.1 Å². The average Bonchev–Trinajstić information content (AvgIpc) is 3.25. The van der Waals surface area contributed by atoms with Gasteiger partial charge in [-0.1, -0.05) is 0 Å². The molecule has 176 valence electrons. The highest BCUT2D eigenvalue weighted by Crippen LogP contribution is 2.38. The second kappa shape index (κ2) is 11.7. The summed E-state index contributed by atoms with van der Waals surface area (Å²) in [5, 5.41) is 22.2. The molecule has 2 unspecified atom stereocenters. The van der Waals surface area contributed by atoms with Crippen molar-refractivity contribution in [2.45, 2.75) is 6.10 Å². The Morgan fingerprint density at radius 3 is 2.61 bits per heavy atom. The third-order valence-electron chi connectivity index (χ3n) is 4.89. The van der Waals surface area contributed by atoms with Crippen molar-refractivity contribution in [3.05, 3.63) is 59.1 Å². The lowest BCUT2D eigenvalue weighted by Gasteiger charge is -2.17. The molecule has 2 aromatic heterocycles. The lowest BCUT2D eigenvalue weighted by molar-refractivity contribution is 0.206. The zero-order valence-electron chi connectivity index (χ0n) is 17.7. The number of pyridine rings is 1. The van der Waals surface area contributed by atoms with E-state index >= 15 is 0 Å². The molecule has 2 atom stereocenters. The number of nitrogens with one attached hydrogen (secondary N) is 3. The zero-order chi connectivity index (χ0) is 24.0. The van der Waals surface area contributed by atoms with Gasteiger partial charge in [0.2, 0.25) is 0 Å². The van der Waals surface area contributed by atoms with Crippen LogP contribution in [0.3, 0.4) is 0 Å². The minimum absolute atomic E-state index is 0.209. The molecule has 0 fully saturated rings. The molecule has 33 heavy (non-hydrogen) atoms. The molecular formula is C21H22F2IN4O4P. The number of nitrogens with zero attached hydrogens (tertiary/aromatic N) is 1. The third-order valence-corrected chi connectivity index (χ3v) is 6.14. The molecule has 0 radical (unpaired) electrons. The van der Waals surface area contributed by atoms with Gasteiger partial charge < -0.3 is 34.8 Å². The van der Waals surface area contributed by atoms with Gasteiger partial charge in [-0.25, -0.2) is 13.8 Å². The highest BCUT2D eigenvalue weighted by atomic mass is 127.